The standard InChI is InChI=1S/C14H20O3/c1-9-4-6-12(16-3)11(8-9)14(15)13-7-5-10(2)17-13/h4,6,8,10,13-15H,5,7H2,1-3H3. The van der Waals surface area contributed by atoms with E-state index in [1.54, 1.807) is 7.11 Å². The number of rotatable bonds is 3. The predicted octanol–water partition coefficient (Wildman–Crippen LogP) is 2.60. The van der Waals surface area contributed by atoms with E-state index >= 15 is 0 Å². The molecule has 1 aromatic rings. The van der Waals surface area contributed by atoms with Crippen LogP contribution in [0, 0.1) is 6.92 Å². The fourth-order valence-corrected chi connectivity index (χ4v) is 2.35. The lowest BCUT2D eigenvalue weighted by Gasteiger charge is -2.21. The summed E-state index contributed by atoms with van der Waals surface area (Å²) in [6, 6.07) is 5.84. The van der Waals surface area contributed by atoms with Crippen molar-refractivity contribution in [3.05, 3.63) is 29.3 Å². The van der Waals surface area contributed by atoms with Crippen LogP contribution in [0.5, 0.6) is 5.75 Å². The second-order valence-corrected chi connectivity index (χ2v) is 4.75. The molecule has 0 bridgehead atoms. The number of hydrogen-bond donors (Lipinski definition) is 1. The van der Waals surface area contributed by atoms with E-state index in [9.17, 15) is 5.11 Å². The average molecular weight is 236 g/mol. The molecule has 94 valence electrons. The number of aliphatic hydroxyl groups excluding tert-OH is 1. The third kappa shape index (κ3) is 2.61. The van der Waals surface area contributed by atoms with Crippen molar-refractivity contribution in [3.8, 4) is 5.75 Å². The van der Waals surface area contributed by atoms with Gasteiger partial charge in [0.1, 0.15) is 11.9 Å². The first-order chi connectivity index (χ1) is 8.11. The lowest BCUT2D eigenvalue weighted by Crippen LogP contribution is -2.19. The van der Waals surface area contributed by atoms with E-state index in [1.807, 2.05) is 32.0 Å². The molecule has 3 heteroatoms. The van der Waals surface area contributed by atoms with Crippen molar-refractivity contribution in [3.63, 3.8) is 0 Å². The molecule has 1 heterocycles. The SMILES string of the molecule is COc1ccc(C)cc1C(O)C1CCC(C)O1. The monoisotopic (exact) mass is 236 g/mol. The summed E-state index contributed by atoms with van der Waals surface area (Å²) >= 11 is 0. The van der Waals surface area contributed by atoms with Gasteiger partial charge in [-0.1, -0.05) is 11.6 Å². The summed E-state index contributed by atoms with van der Waals surface area (Å²) in [6.07, 6.45) is 1.44. The van der Waals surface area contributed by atoms with Gasteiger partial charge in [0.15, 0.2) is 0 Å². The minimum Gasteiger partial charge on any atom is -0.496 e. The van der Waals surface area contributed by atoms with Crippen LogP contribution in [0.15, 0.2) is 18.2 Å². The Hall–Kier alpha value is -1.06. The van der Waals surface area contributed by atoms with Crippen molar-refractivity contribution in [2.24, 2.45) is 0 Å². The maximum Gasteiger partial charge on any atom is 0.124 e. The van der Waals surface area contributed by atoms with Gasteiger partial charge in [-0.15, -0.1) is 0 Å². The molecule has 0 saturated carbocycles. The molecule has 3 nitrogen and oxygen atoms in total. The second kappa shape index (κ2) is 5.07. The molecule has 0 amide bonds. The van der Waals surface area contributed by atoms with E-state index < -0.39 is 6.10 Å². The maximum absolute atomic E-state index is 10.4. The molecule has 0 aromatic heterocycles. The van der Waals surface area contributed by atoms with Gasteiger partial charge in [0.2, 0.25) is 0 Å². The van der Waals surface area contributed by atoms with Crippen molar-refractivity contribution in [1.82, 2.24) is 0 Å². The smallest absolute Gasteiger partial charge is 0.124 e. The highest BCUT2D eigenvalue weighted by Crippen LogP contribution is 2.34. The molecule has 0 spiro atoms. The van der Waals surface area contributed by atoms with E-state index in [1.165, 1.54) is 0 Å². The van der Waals surface area contributed by atoms with Gasteiger partial charge in [0.05, 0.1) is 19.3 Å². The molecule has 1 fully saturated rings. The lowest BCUT2D eigenvalue weighted by molar-refractivity contribution is -0.0305. The number of benzene rings is 1. The zero-order valence-corrected chi connectivity index (χ0v) is 10.6. The summed E-state index contributed by atoms with van der Waals surface area (Å²) in [4.78, 5) is 0. The van der Waals surface area contributed by atoms with Crippen molar-refractivity contribution in [1.29, 1.82) is 0 Å². The van der Waals surface area contributed by atoms with Crippen LogP contribution in [-0.4, -0.2) is 24.4 Å². The third-order valence-corrected chi connectivity index (χ3v) is 3.32. The van der Waals surface area contributed by atoms with Crippen molar-refractivity contribution in [2.45, 2.75) is 45.0 Å². The number of ether oxygens (including phenoxy) is 2. The summed E-state index contributed by atoms with van der Waals surface area (Å²) in [5.41, 5.74) is 1.94. The van der Waals surface area contributed by atoms with Crippen LogP contribution in [-0.2, 0) is 4.74 Å². The Bertz CT molecular complexity index is 389. The number of hydrogen-bond acceptors (Lipinski definition) is 3. The minimum absolute atomic E-state index is 0.110. The highest BCUT2D eigenvalue weighted by Gasteiger charge is 2.30. The lowest BCUT2D eigenvalue weighted by atomic mass is 9.99. The first kappa shape index (κ1) is 12.4. The summed E-state index contributed by atoms with van der Waals surface area (Å²) in [5.74, 6) is 0.728. The zero-order chi connectivity index (χ0) is 12.4. The molecule has 2 rings (SSSR count). The Kier molecular flexibility index (Phi) is 3.69. The van der Waals surface area contributed by atoms with Crippen molar-refractivity contribution < 1.29 is 14.6 Å². The van der Waals surface area contributed by atoms with Gasteiger partial charge < -0.3 is 14.6 Å². The molecule has 1 aliphatic rings. The van der Waals surface area contributed by atoms with Crippen LogP contribution in [0.4, 0.5) is 0 Å². The highest BCUT2D eigenvalue weighted by atomic mass is 16.5. The normalized spacial score (nSPS) is 25.9. The van der Waals surface area contributed by atoms with Crippen LogP contribution in [0.2, 0.25) is 0 Å². The largest absolute Gasteiger partial charge is 0.496 e. The summed E-state index contributed by atoms with van der Waals surface area (Å²) in [6.45, 7) is 4.05. The molecule has 1 N–H and O–H groups in total. The van der Waals surface area contributed by atoms with Crippen LogP contribution < -0.4 is 4.74 Å². The van der Waals surface area contributed by atoms with Crippen molar-refractivity contribution >= 4 is 0 Å². The first-order valence-electron chi connectivity index (χ1n) is 6.10. The van der Waals surface area contributed by atoms with E-state index in [2.05, 4.69) is 0 Å². The van der Waals surface area contributed by atoms with E-state index in [0.29, 0.717) is 0 Å². The van der Waals surface area contributed by atoms with E-state index in [-0.39, 0.29) is 12.2 Å². The Morgan fingerprint density at radius 1 is 1.41 bits per heavy atom. The maximum atomic E-state index is 10.4. The Labute approximate surface area is 102 Å². The van der Waals surface area contributed by atoms with Crippen LogP contribution in [0.3, 0.4) is 0 Å². The fraction of sp³-hybridized carbons (Fsp3) is 0.571. The molecule has 0 aliphatic carbocycles. The molecule has 0 radical (unpaired) electrons. The first-order valence-corrected chi connectivity index (χ1v) is 6.10. The van der Waals surface area contributed by atoms with Gasteiger partial charge in [0, 0.05) is 5.56 Å². The third-order valence-electron chi connectivity index (χ3n) is 3.32. The zero-order valence-electron chi connectivity index (χ0n) is 10.6. The molecule has 17 heavy (non-hydrogen) atoms. The molecule has 3 atom stereocenters. The van der Waals surface area contributed by atoms with Gasteiger partial charge in [-0.2, -0.15) is 0 Å². The average Bonchev–Trinajstić information content (AvgIpc) is 2.75. The van der Waals surface area contributed by atoms with Crippen molar-refractivity contribution in [2.75, 3.05) is 7.11 Å². The van der Waals surface area contributed by atoms with E-state index in [4.69, 9.17) is 9.47 Å². The van der Waals surface area contributed by atoms with Crippen LogP contribution in [0.25, 0.3) is 0 Å². The molecule has 1 aliphatic heterocycles. The molecular weight excluding hydrogens is 216 g/mol. The number of methoxy groups -OCH3 is 1. The summed E-state index contributed by atoms with van der Waals surface area (Å²) in [7, 11) is 1.62. The minimum atomic E-state index is -0.602. The quantitative estimate of drug-likeness (QED) is 0.876. The molecule has 3 unspecified atom stereocenters. The van der Waals surface area contributed by atoms with Crippen LogP contribution >= 0.6 is 0 Å². The number of aryl methyl sites for hydroxylation is 1. The predicted molar refractivity (Wildman–Crippen MR) is 66.3 cm³/mol. The van der Waals surface area contributed by atoms with E-state index in [0.717, 1.165) is 29.7 Å². The number of aliphatic hydroxyl groups is 1. The Balaban J connectivity index is 2.23. The highest BCUT2D eigenvalue weighted by molar-refractivity contribution is 5.39. The Morgan fingerprint density at radius 3 is 2.76 bits per heavy atom. The van der Waals surface area contributed by atoms with Gasteiger partial charge in [-0.05, 0) is 38.8 Å². The van der Waals surface area contributed by atoms with Gasteiger partial charge in [-0.3, -0.25) is 0 Å². The topological polar surface area (TPSA) is 38.7 Å². The fourth-order valence-electron chi connectivity index (χ4n) is 2.35. The second-order valence-electron chi connectivity index (χ2n) is 4.75. The van der Waals surface area contributed by atoms with Crippen LogP contribution in [0.1, 0.15) is 37.0 Å². The Morgan fingerprint density at radius 2 is 2.18 bits per heavy atom. The summed E-state index contributed by atoms with van der Waals surface area (Å²) in [5, 5.41) is 10.4. The molecular formula is C14H20O3. The molecule has 1 saturated heterocycles. The molecule has 1 aromatic carbocycles. The van der Waals surface area contributed by atoms with Gasteiger partial charge >= 0.3 is 0 Å². The van der Waals surface area contributed by atoms with Gasteiger partial charge in [0.25, 0.3) is 0 Å². The van der Waals surface area contributed by atoms with Gasteiger partial charge in [-0.25, -0.2) is 0 Å². The summed E-state index contributed by atoms with van der Waals surface area (Å²) < 4.78 is 11.0.